The van der Waals surface area contributed by atoms with Crippen molar-refractivity contribution in [2.45, 2.75) is 0 Å². The van der Waals surface area contributed by atoms with E-state index < -0.39 is 0 Å². The van der Waals surface area contributed by atoms with E-state index in [1.165, 1.54) is 6.08 Å². The molecule has 3 nitrogen and oxygen atoms in total. The van der Waals surface area contributed by atoms with Gasteiger partial charge in [0.2, 0.25) is 0 Å². The zero-order valence-electron chi connectivity index (χ0n) is 7.77. The first kappa shape index (κ1) is 9.45. The number of hydrogen-bond acceptors (Lipinski definition) is 3. The van der Waals surface area contributed by atoms with E-state index in [2.05, 4.69) is 4.98 Å². The standard InChI is InChI=1S/C10H12N2O/c1-12(2)8-5-10(13)9-3-6-11-7-4-9/h3-8H,1-2H3. The molecule has 0 bridgehead atoms. The molecule has 0 spiro atoms. The Labute approximate surface area is 77.7 Å². The first-order chi connectivity index (χ1) is 6.20. The Morgan fingerprint density at radius 1 is 1.38 bits per heavy atom. The molecule has 0 amide bonds. The first-order valence-electron chi connectivity index (χ1n) is 3.99. The summed E-state index contributed by atoms with van der Waals surface area (Å²) in [6.07, 6.45) is 6.48. The van der Waals surface area contributed by atoms with E-state index in [1.54, 1.807) is 30.7 Å². The molecule has 0 aliphatic carbocycles. The van der Waals surface area contributed by atoms with Crippen molar-refractivity contribution < 1.29 is 4.79 Å². The van der Waals surface area contributed by atoms with Crippen LogP contribution < -0.4 is 0 Å². The summed E-state index contributed by atoms with van der Waals surface area (Å²) in [5.41, 5.74) is 0.660. The average Bonchev–Trinajstić information content (AvgIpc) is 2.15. The van der Waals surface area contributed by atoms with E-state index in [9.17, 15) is 4.79 Å². The van der Waals surface area contributed by atoms with Crippen molar-refractivity contribution in [3.05, 3.63) is 42.4 Å². The fourth-order valence-corrected chi connectivity index (χ4v) is 0.829. The van der Waals surface area contributed by atoms with E-state index >= 15 is 0 Å². The Hall–Kier alpha value is -1.64. The Morgan fingerprint density at radius 2 is 2.00 bits per heavy atom. The molecular weight excluding hydrogens is 164 g/mol. The largest absolute Gasteiger partial charge is 0.383 e. The van der Waals surface area contributed by atoms with Crippen LogP contribution in [0.5, 0.6) is 0 Å². The van der Waals surface area contributed by atoms with Gasteiger partial charge in [0.15, 0.2) is 5.78 Å². The third kappa shape index (κ3) is 3.07. The maximum atomic E-state index is 11.4. The third-order valence-electron chi connectivity index (χ3n) is 1.49. The summed E-state index contributed by atoms with van der Waals surface area (Å²) >= 11 is 0. The molecule has 0 fully saturated rings. The minimum atomic E-state index is -0.00361. The monoisotopic (exact) mass is 176 g/mol. The molecule has 1 rings (SSSR count). The molecule has 1 heterocycles. The Bertz CT molecular complexity index is 304. The average molecular weight is 176 g/mol. The number of ketones is 1. The van der Waals surface area contributed by atoms with Gasteiger partial charge in [-0.15, -0.1) is 0 Å². The highest BCUT2D eigenvalue weighted by Gasteiger charge is 1.98. The van der Waals surface area contributed by atoms with Crippen LogP contribution in [0.2, 0.25) is 0 Å². The fraction of sp³-hybridized carbons (Fsp3) is 0.200. The van der Waals surface area contributed by atoms with Gasteiger partial charge in [-0.05, 0) is 12.1 Å². The number of aromatic nitrogens is 1. The van der Waals surface area contributed by atoms with E-state index in [0.717, 1.165) is 0 Å². The first-order valence-corrected chi connectivity index (χ1v) is 3.99. The maximum Gasteiger partial charge on any atom is 0.187 e. The molecule has 13 heavy (non-hydrogen) atoms. The molecule has 0 N–H and O–H groups in total. The summed E-state index contributed by atoms with van der Waals surface area (Å²) in [6.45, 7) is 0. The fourth-order valence-electron chi connectivity index (χ4n) is 0.829. The number of hydrogen-bond donors (Lipinski definition) is 0. The summed E-state index contributed by atoms with van der Waals surface area (Å²) in [5, 5.41) is 0. The molecule has 0 unspecified atom stereocenters. The third-order valence-corrected chi connectivity index (χ3v) is 1.49. The van der Waals surface area contributed by atoms with Gasteiger partial charge < -0.3 is 4.90 Å². The van der Waals surface area contributed by atoms with Gasteiger partial charge in [0.25, 0.3) is 0 Å². The van der Waals surface area contributed by atoms with Crippen molar-refractivity contribution in [3.8, 4) is 0 Å². The van der Waals surface area contributed by atoms with Gasteiger partial charge in [0, 0.05) is 44.3 Å². The van der Waals surface area contributed by atoms with Crippen LogP contribution in [0.3, 0.4) is 0 Å². The van der Waals surface area contributed by atoms with Gasteiger partial charge >= 0.3 is 0 Å². The molecule has 0 saturated heterocycles. The molecule has 0 aliphatic rings. The zero-order valence-corrected chi connectivity index (χ0v) is 7.77. The number of allylic oxidation sites excluding steroid dienone is 1. The second-order valence-electron chi connectivity index (χ2n) is 2.88. The lowest BCUT2D eigenvalue weighted by Crippen LogP contribution is -2.03. The van der Waals surface area contributed by atoms with Gasteiger partial charge in [-0.3, -0.25) is 9.78 Å². The summed E-state index contributed by atoms with van der Waals surface area (Å²) in [6, 6.07) is 3.39. The SMILES string of the molecule is CN(C)C=CC(=O)c1ccncc1. The second-order valence-corrected chi connectivity index (χ2v) is 2.88. The number of nitrogens with zero attached hydrogens (tertiary/aromatic N) is 2. The van der Waals surface area contributed by atoms with Gasteiger partial charge in [-0.25, -0.2) is 0 Å². The van der Waals surface area contributed by atoms with E-state index in [-0.39, 0.29) is 5.78 Å². The molecule has 0 saturated carbocycles. The summed E-state index contributed by atoms with van der Waals surface area (Å²) in [4.78, 5) is 17.1. The summed E-state index contributed by atoms with van der Waals surface area (Å²) in [7, 11) is 3.74. The molecule has 3 heteroatoms. The van der Waals surface area contributed by atoms with Crippen molar-refractivity contribution in [2.75, 3.05) is 14.1 Å². The van der Waals surface area contributed by atoms with Crippen LogP contribution in [0.1, 0.15) is 10.4 Å². The number of pyridine rings is 1. The predicted molar refractivity (Wildman–Crippen MR) is 51.4 cm³/mol. The van der Waals surface area contributed by atoms with Crippen molar-refractivity contribution >= 4 is 5.78 Å². The minimum Gasteiger partial charge on any atom is -0.383 e. The molecule has 0 atom stereocenters. The smallest absolute Gasteiger partial charge is 0.187 e. The lowest BCUT2D eigenvalue weighted by Gasteiger charge is -2.02. The molecule has 1 aromatic heterocycles. The molecule has 0 aromatic carbocycles. The van der Waals surface area contributed by atoms with E-state index in [0.29, 0.717) is 5.56 Å². The Morgan fingerprint density at radius 3 is 2.54 bits per heavy atom. The lowest BCUT2D eigenvalue weighted by atomic mass is 10.2. The van der Waals surface area contributed by atoms with Crippen LogP contribution in [-0.2, 0) is 0 Å². The highest BCUT2D eigenvalue weighted by molar-refractivity contribution is 6.04. The van der Waals surface area contributed by atoms with Gasteiger partial charge in [0.05, 0.1) is 0 Å². The van der Waals surface area contributed by atoms with Gasteiger partial charge in [-0.2, -0.15) is 0 Å². The highest BCUT2D eigenvalue weighted by atomic mass is 16.1. The van der Waals surface area contributed by atoms with Crippen molar-refractivity contribution in [3.63, 3.8) is 0 Å². The Balaban J connectivity index is 2.70. The zero-order chi connectivity index (χ0) is 9.68. The number of carbonyl (C=O) groups excluding carboxylic acids is 1. The minimum absolute atomic E-state index is 0.00361. The highest BCUT2D eigenvalue weighted by Crippen LogP contribution is 1.98. The molecule has 68 valence electrons. The van der Waals surface area contributed by atoms with Crippen molar-refractivity contribution in [1.82, 2.24) is 9.88 Å². The normalized spacial score (nSPS) is 10.3. The molecular formula is C10H12N2O. The topological polar surface area (TPSA) is 33.2 Å². The summed E-state index contributed by atoms with van der Waals surface area (Å²) in [5.74, 6) is -0.00361. The van der Waals surface area contributed by atoms with Crippen LogP contribution in [-0.4, -0.2) is 29.8 Å². The van der Waals surface area contributed by atoms with E-state index in [4.69, 9.17) is 0 Å². The van der Waals surface area contributed by atoms with Crippen LogP contribution >= 0.6 is 0 Å². The van der Waals surface area contributed by atoms with Crippen LogP contribution in [0, 0.1) is 0 Å². The van der Waals surface area contributed by atoms with Gasteiger partial charge in [-0.1, -0.05) is 0 Å². The van der Waals surface area contributed by atoms with Crippen molar-refractivity contribution in [1.29, 1.82) is 0 Å². The predicted octanol–water partition coefficient (Wildman–Crippen LogP) is 1.34. The summed E-state index contributed by atoms with van der Waals surface area (Å²) < 4.78 is 0. The van der Waals surface area contributed by atoms with Crippen LogP contribution in [0.4, 0.5) is 0 Å². The number of carbonyl (C=O) groups is 1. The molecule has 0 radical (unpaired) electrons. The van der Waals surface area contributed by atoms with Crippen molar-refractivity contribution in [2.24, 2.45) is 0 Å². The lowest BCUT2D eigenvalue weighted by molar-refractivity contribution is 0.104. The van der Waals surface area contributed by atoms with E-state index in [1.807, 2.05) is 19.0 Å². The maximum absolute atomic E-state index is 11.4. The number of rotatable bonds is 3. The van der Waals surface area contributed by atoms with Gasteiger partial charge in [0.1, 0.15) is 0 Å². The second kappa shape index (κ2) is 4.40. The van der Waals surface area contributed by atoms with Crippen LogP contribution in [0.25, 0.3) is 0 Å². The molecule has 1 aromatic rings. The molecule has 0 aliphatic heterocycles. The van der Waals surface area contributed by atoms with Crippen LogP contribution in [0.15, 0.2) is 36.8 Å². The Kier molecular flexibility index (Phi) is 3.20. The quantitative estimate of drug-likeness (QED) is 0.514.